The minimum Gasteiger partial charge on any atom is -0.497 e. The fourth-order valence-corrected chi connectivity index (χ4v) is 1.84. The maximum Gasteiger partial charge on any atom is 0.358 e. The lowest BCUT2D eigenvalue weighted by atomic mass is 10.2. The third-order valence-electron chi connectivity index (χ3n) is 2.85. The van der Waals surface area contributed by atoms with E-state index < -0.39 is 5.97 Å². The number of nitrogens with zero attached hydrogens (tertiary/aromatic N) is 1. The quantitative estimate of drug-likeness (QED) is 0.857. The normalized spacial score (nSPS) is 10.3. The van der Waals surface area contributed by atoms with E-state index in [0.29, 0.717) is 17.9 Å². The number of imidazole rings is 1. The maximum atomic E-state index is 11.6. The average Bonchev–Trinajstić information content (AvgIpc) is 2.90. The number of aromatic amines is 1. The van der Waals surface area contributed by atoms with Gasteiger partial charge in [0.05, 0.1) is 14.2 Å². The summed E-state index contributed by atoms with van der Waals surface area (Å²) in [5.41, 5.74) is 1.97. The summed E-state index contributed by atoms with van der Waals surface area (Å²) in [5.74, 6) is 0.949. The summed E-state index contributed by atoms with van der Waals surface area (Å²) in [6.45, 7) is 1.95. The summed E-state index contributed by atoms with van der Waals surface area (Å²) in [7, 11) is 2.96. The van der Waals surface area contributed by atoms with Gasteiger partial charge in [0.1, 0.15) is 11.6 Å². The van der Waals surface area contributed by atoms with Crippen molar-refractivity contribution in [1.82, 2.24) is 9.97 Å². The standard InChI is InChI=1S/C14H16N2O3/c1-4-11-12(14(17)19-3)16-13(15-11)9-6-5-7-10(8-9)18-2/h5-8H,4H2,1-3H3,(H,15,16). The number of hydrogen-bond donors (Lipinski definition) is 1. The van der Waals surface area contributed by atoms with Crippen molar-refractivity contribution in [1.29, 1.82) is 0 Å². The van der Waals surface area contributed by atoms with Crippen LogP contribution in [0.1, 0.15) is 23.1 Å². The van der Waals surface area contributed by atoms with Crippen LogP contribution in [-0.4, -0.2) is 30.2 Å². The van der Waals surface area contributed by atoms with Crippen LogP contribution in [0.4, 0.5) is 0 Å². The smallest absolute Gasteiger partial charge is 0.358 e. The first-order valence-corrected chi connectivity index (χ1v) is 6.01. The van der Waals surface area contributed by atoms with Crippen molar-refractivity contribution in [3.05, 3.63) is 35.7 Å². The Hall–Kier alpha value is -2.30. The van der Waals surface area contributed by atoms with E-state index in [1.807, 2.05) is 31.2 Å². The number of carbonyl (C=O) groups excluding carboxylic acids is 1. The van der Waals surface area contributed by atoms with Crippen molar-refractivity contribution in [3.63, 3.8) is 0 Å². The topological polar surface area (TPSA) is 64.2 Å². The lowest BCUT2D eigenvalue weighted by molar-refractivity contribution is 0.0593. The molecular formula is C14H16N2O3. The van der Waals surface area contributed by atoms with E-state index in [9.17, 15) is 4.79 Å². The van der Waals surface area contributed by atoms with Crippen molar-refractivity contribution >= 4 is 5.97 Å². The Morgan fingerprint density at radius 2 is 2.16 bits per heavy atom. The minimum absolute atomic E-state index is 0.336. The second-order valence-corrected chi connectivity index (χ2v) is 3.99. The number of aryl methyl sites for hydroxylation is 1. The SMILES string of the molecule is CCc1[nH]c(-c2cccc(OC)c2)nc1C(=O)OC. The molecule has 1 aromatic carbocycles. The maximum absolute atomic E-state index is 11.6. The number of ether oxygens (including phenoxy) is 2. The van der Waals surface area contributed by atoms with Crippen LogP contribution in [0.2, 0.25) is 0 Å². The molecule has 2 rings (SSSR count). The molecule has 0 atom stereocenters. The number of esters is 1. The molecule has 0 unspecified atom stereocenters. The van der Waals surface area contributed by atoms with Crippen LogP contribution in [0.15, 0.2) is 24.3 Å². The van der Waals surface area contributed by atoms with Gasteiger partial charge in [0.2, 0.25) is 0 Å². The summed E-state index contributed by atoms with van der Waals surface area (Å²) in [6, 6.07) is 7.50. The molecule has 0 saturated heterocycles. The predicted octanol–water partition coefficient (Wildman–Crippen LogP) is 2.43. The van der Waals surface area contributed by atoms with Gasteiger partial charge >= 0.3 is 5.97 Å². The van der Waals surface area contributed by atoms with Crippen LogP contribution in [0.25, 0.3) is 11.4 Å². The van der Waals surface area contributed by atoms with E-state index in [1.165, 1.54) is 7.11 Å². The molecule has 19 heavy (non-hydrogen) atoms. The van der Waals surface area contributed by atoms with Gasteiger partial charge in [-0.05, 0) is 18.6 Å². The molecule has 2 aromatic rings. The number of aromatic nitrogens is 2. The Bertz CT molecular complexity index is 590. The Morgan fingerprint density at radius 1 is 1.37 bits per heavy atom. The molecule has 1 heterocycles. The van der Waals surface area contributed by atoms with Crippen LogP contribution >= 0.6 is 0 Å². The van der Waals surface area contributed by atoms with Crippen LogP contribution in [0, 0.1) is 0 Å². The van der Waals surface area contributed by atoms with Gasteiger partial charge in [-0.25, -0.2) is 9.78 Å². The number of nitrogens with one attached hydrogen (secondary N) is 1. The number of benzene rings is 1. The first-order valence-electron chi connectivity index (χ1n) is 6.01. The Kier molecular flexibility index (Phi) is 3.85. The zero-order valence-corrected chi connectivity index (χ0v) is 11.2. The first kappa shape index (κ1) is 13.1. The van der Waals surface area contributed by atoms with Gasteiger partial charge in [-0.2, -0.15) is 0 Å². The van der Waals surface area contributed by atoms with Gasteiger partial charge in [-0.15, -0.1) is 0 Å². The molecule has 0 aliphatic carbocycles. The van der Waals surface area contributed by atoms with Crippen molar-refractivity contribution < 1.29 is 14.3 Å². The molecule has 0 aliphatic heterocycles. The third-order valence-corrected chi connectivity index (χ3v) is 2.85. The van der Waals surface area contributed by atoms with Gasteiger partial charge < -0.3 is 14.5 Å². The molecule has 0 radical (unpaired) electrons. The number of rotatable bonds is 4. The second kappa shape index (κ2) is 5.56. The van der Waals surface area contributed by atoms with Crippen LogP contribution < -0.4 is 4.74 Å². The predicted molar refractivity (Wildman–Crippen MR) is 71.3 cm³/mol. The van der Waals surface area contributed by atoms with E-state index in [1.54, 1.807) is 7.11 Å². The van der Waals surface area contributed by atoms with Gasteiger partial charge in [-0.1, -0.05) is 19.1 Å². The lowest BCUT2D eigenvalue weighted by Gasteiger charge is -2.01. The summed E-state index contributed by atoms with van der Waals surface area (Å²) in [6.07, 6.45) is 0.682. The largest absolute Gasteiger partial charge is 0.497 e. The van der Waals surface area contributed by atoms with Crippen molar-refractivity contribution in [3.8, 4) is 17.1 Å². The Balaban J connectivity index is 2.45. The summed E-state index contributed by atoms with van der Waals surface area (Å²) in [5, 5.41) is 0. The molecule has 0 bridgehead atoms. The molecule has 0 saturated carbocycles. The zero-order valence-electron chi connectivity index (χ0n) is 11.2. The summed E-state index contributed by atoms with van der Waals surface area (Å²) >= 11 is 0. The average molecular weight is 260 g/mol. The molecule has 100 valence electrons. The van der Waals surface area contributed by atoms with Crippen LogP contribution in [0.5, 0.6) is 5.75 Å². The fourth-order valence-electron chi connectivity index (χ4n) is 1.84. The van der Waals surface area contributed by atoms with Gasteiger partial charge in [0.15, 0.2) is 5.69 Å². The number of H-pyrrole nitrogens is 1. The number of hydrogen-bond acceptors (Lipinski definition) is 4. The highest BCUT2D eigenvalue weighted by molar-refractivity contribution is 5.89. The van der Waals surface area contributed by atoms with Gasteiger partial charge in [0.25, 0.3) is 0 Å². The van der Waals surface area contributed by atoms with E-state index in [4.69, 9.17) is 9.47 Å². The number of methoxy groups -OCH3 is 2. The van der Waals surface area contributed by atoms with Crippen molar-refractivity contribution in [2.45, 2.75) is 13.3 Å². The highest BCUT2D eigenvalue weighted by Crippen LogP contribution is 2.23. The van der Waals surface area contributed by atoms with E-state index in [-0.39, 0.29) is 0 Å². The molecule has 0 amide bonds. The van der Waals surface area contributed by atoms with Gasteiger partial charge in [0, 0.05) is 11.3 Å². The molecule has 1 N–H and O–H groups in total. The highest BCUT2D eigenvalue weighted by atomic mass is 16.5. The summed E-state index contributed by atoms with van der Waals surface area (Å²) < 4.78 is 9.90. The molecule has 0 fully saturated rings. The fraction of sp³-hybridized carbons (Fsp3) is 0.286. The zero-order chi connectivity index (χ0) is 13.8. The Morgan fingerprint density at radius 3 is 2.79 bits per heavy atom. The third kappa shape index (κ3) is 2.59. The Labute approximate surface area is 111 Å². The molecule has 0 spiro atoms. The first-order chi connectivity index (χ1) is 9.19. The van der Waals surface area contributed by atoms with Crippen molar-refractivity contribution in [2.75, 3.05) is 14.2 Å². The molecule has 1 aromatic heterocycles. The van der Waals surface area contributed by atoms with Gasteiger partial charge in [-0.3, -0.25) is 0 Å². The lowest BCUT2D eigenvalue weighted by Crippen LogP contribution is -2.04. The van der Waals surface area contributed by atoms with Crippen molar-refractivity contribution in [2.24, 2.45) is 0 Å². The van der Waals surface area contributed by atoms with E-state index in [2.05, 4.69) is 9.97 Å². The van der Waals surface area contributed by atoms with E-state index in [0.717, 1.165) is 17.0 Å². The monoisotopic (exact) mass is 260 g/mol. The second-order valence-electron chi connectivity index (χ2n) is 3.99. The van der Waals surface area contributed by atoms with E-state index >= 15 is 0 Å². The van der Waals surface area contributed by atoms with Crippen LogP contribution in [0.3, 0.4) is 0 Å². The minimum atomic E-state index is -0.428. The molecule has 5 nitrogen and oxygen atoms in total. The molecule has 0 aliphatic rings. The van der Waals surface area contributed by atoms with Crippen LogP contribution in [-0.2, 0) is 11.2 Å². The summed E-state index contributed by atoms with van der Waals surface area (Å²) in [4.78, 5) is 19.1. The molecule has 5 heteroatoms. The highest BCUT2D eigenvalue weighted by Gasteiger charge is 2.17. The molecular weight excluding hydrogens is 244 g/mol. The number of carbonyl (C=O) groups is 1.